The quantitative estimate of drug-likeness (QED) is 0.760. The normalized spacial score (nSPS) is 13.9. The smallest absolute Gasteiger partial charge is 0.268 e. The van der Waals surface area contributed by atoms with Crippen molar-refractivity contribution in [3.8, 4) is 0 Å². The van der Waals surface area contributed by atoms with Crippen molar-refractivity contribution in [3.63, 3.8) is 0 Å². The number of aryl methyl sites for hydroxylation is 1. The van der Waals surface area contributed by atoms with Gasteiger partial charge in [-0.1, -0.05) is 12.1 Å². The van der Waals surface area contributed by atoms with Crippen molar-refractivity contribution in [2.24, 2.45) is 0 Å². The molecule has 1 aliphatic heterocycles. The number of aromatic nitrogens is 1. The Morgan fingerprint density at radius 1 is 1.11 bits per heavy atom. The molecule has 1 aromatic heterocycles. The molecule has 1 aliphatic rings. The van der Waals surface area contributed by atoms with Crippen LogP contribution in [0.15, 0.2) is 41.0 Å². The van der Waals surface area contributed by atoms with E-state index in [9.17, 15) is 9.59 Å². The van der Waals surface area contributed by atoms with Gasteiger partial charge in [0.2, 0.25) is 0 Å². The van der Waals surface area contributed by atoms with Crippen molar-refractivity contribution in [2.45, 2.75) is 6.92 Å². The number of carbonyl (C=O) groups is 2. The van der Waals surface area contributed by atoms with Crippen molar-refractivity contribution in [1.29, 1.82) is 0 Å². The van der Waals surface area contributed by atoms with E-state index in [0.29, 0.717) is 11.3 Å². The molecule has 2 heterocycles. The highest BCUT2D eigenvalue weighted by molar-refractivity contribution is 9.10. The minimum Gasteiger partial charge on any atom is -0.268 e. The third-order valence-corrected chi connectivity index (χ3v) is 4.09. The van der Waals surface area contributed by atoms with Gasteiger partial charge in [-0.25, -0.2) is 4.90 Å². The van der Waals surface area contributed by atoms with E-state index < -0.39 is 0 Å². The summed E-state index contributed by atoms with van der Waals surface area (Å²) in [5.41, 5.74) is 2.07. The monoisotopic (exact) mass is 316 g/mol. The van der Waals surface area contributed by atoms with E-state index in [1.165, 1.54) is 6.20 Å². The van der Waals surface area contributed by atoms with Crippen molar-refractivity contribution >= 4 is 33.4 Å². The minimum absolute atomic E-state index is 0.209. The Labute approximate surface area is 118 Å². The lowest BCUT2D eigenvalue weighted by atomic mass is 10.2. The van der Waals surface area contributed by atoms with Crippen LogP contribution < -0.4 is 4.90 Å². The highest BCUT2D eigenvalue weighted by atomic mass is 79.9. The second kappa shape index (κ2) is 4.28. The molecule has 0 N–H and O–H groups in total. The molecule has 0 atom stereocenters. The van der Waals surface area contributed by atoms with Crippen molar-refractivity contribution in [1.82, 2.24) is 4.98 Å². The molecule has 0 unspecified atom stereocenters. The maximum atomic E-state index is 12.3. The summed E-state index contributed by atoms with van der Waals surface area (Å²) in [5, 5.41) is 0. The molecule has 0 bridgehead atoms. The molecule has 1 aromatic carbocycles. The number of anilines is 1. The third-order valence-electron chi connectivity index (χ3n) is 3.06. The van der Waals surface area contributed by atoms with Crippen LogP contribution in [0.25, 0.3) is 0 Å². The number of rotatable bonds is 1. The van der Waals surface area contributed by atoms with Gasteiger partial charge in [0, 0.05) is 10.7 Å². The fourth-order valence-electron chi connectivity index (χ4n) is 2.09. The molecule has 0 aliphatic carbocycles. The highest BCUT2D eigenvalue weighted by Gasteiger charge is 2.38. The van der Waals surface area contributed by atoms with Gasteiger partial charge in [0.05, 0.1) is 11.3 Å². The molecule has 5 heteroatoms. The van der Waals surface area contributed by atoms with Crippen LogP contribution in [0.4, 0.5) is 5.69 Å². The van der Waals surface area contributed by atoms with Crippen LogP contribution in [-0.2, 0) is 0 Å². The van der Waals surface area contributed by atoms with Crippen molar-refractivity contribution < 1.29 is 9.59 Å². The lowest BCUT2D eigenvalue weighted by Crippen LogP contribution is -2.29. The van der Waals surface area contributed by atoms with Crippen LogP contribution in [0.1, 0.15) is 26.4 Å². The minimum atomic E-state index is -0.383. The Morgan fingerprint density at radius 3 is 2.63 bits per heavy atom. The van der Waals surface area contributed by atoms with E-state index in [2.05, 4.69) is 20.9 Å². The zero-order valence-electron chi connectivity index (χ0n) is 10.1. The molecule has 2 amide bonds. The van der Waals surface area contributed by atoms with E-state index >= 15 is 0 Å². The standard InChI is InChI=1S/C14H9BrN2O2/c1-8-4-2-6-10(11(8)15)17-13(18)9-5-3-7-16-12(9)14(17)19/h2-7H,1H3. The number of pyridine rings is 1. The van der Waals surface area contributed by atoms with E-state index in [1.807, 2.05) is 19.1 Å². The van der Waals surface area contributed by atoms with Crippen LogP contribution in [0, 0.1) is 6.92 Å². The molecular weight excluding hydrogens is 308 g/mol. The van der Waals surface area contributed by atoms with E-state index in [-0.39, 0.29) is 17.5 Å². The van der Waals surface area contributed by atoms with Gasteiger partial charge >= 0.3 is 0 Å². The number of hydrogen-bond donors (Lipinski definition) is 0. The third kappa shape index (κ3) is 1.69. The predicted octanol–water partition coefficient (Wildman–Crippen LogP) is 2.95. The number of imide groups is 1. The van der Waals surface area contributed by atoms with Crippen molar-refractivity contribution in [2.75, 3.05) is 4.90 Å². The second-order valence-electron chi connectivity index (χ2n) is 4.25. The highest BCUT2D eigenvalue weighted by Crippen LogP contribution is 2.34. The fourth-order valence-corrected chi connectivity index (χ4v) is 2.53. The summed E-state index contributed by atoms with van der Waals surface area (Å²) in [5.74, 6) is -0.716. The topological polar surface area (TPSA) is 50.3 Å². The maximum absolute atomic E-state index is 12.3. The van der Waals surface area contributed by atoms with Crippen LogP contribution in [0.3, 0.4) is 0 Å². The largest absolute Gasteiger partial charge is 0.284 e. The number of amides is 2. The first-order valence-corrected chi connectivity index (χ1v) is 6.49. The SMILES string of the molecule is Cc1cccc(N2C(=O)c3cccnc3C2=O)c1Br. The van der Waals surface area contributed by atoms with Crippen LogP contribution in [-0.4, -0.2) is 16.8 Å². The molecule has 4 nitrogen and oxygen atoms in total. The first-order chi connectivity index (χ1) is 9.11. The van der Waals surface area contributed by atoms with Gasteiger partial charge in [0.1, 0.15) is 5.69 Å². The molecular formula is C14H9BrN2O2. The molecule has 19 heavy (non-hydrogen) atoms. The molecule has 0 saturated carbocycles. The molecule has 94 valence electrons. The Morgan fingerprint density at radius 2 is 1.89 bits per heavy atom. The van der Waals surface area contributed by atoms with Gasteiger partial charge in [-0.3, -0.25) is 14.6 Å². The van der Waals surface area contributed by atoms with Gasteiger partial charge in [-0.15, -0.1) is 0 Å². The molecule has 0 fully saturated rings. The van der Waals surface area contributed by atoms with Gasteiger partial charge in [-0.05, 0) is 46.6 Å². The molecule has 3 rings (SSSR count). The summed E-state index contributed by atoms with van der Waals surface area (Å²) in [7, 11) is 0. The van der Waals surface area contributed by atoms with Crippen LogP contribution in [0.5, 0.6) is 0 Å². The van der Waals surface area contributed by atoms with E-state index in [0.717, 1.165) is 14.9 Å². The van der Waals surface area contributed by atoms with Crippen LogP contribution in [0.2, 0.25) is 0 Å². The summed E-state index contributed by atoms with van der Waals surface area (Å²) < 4.78 is 0.740. The Hall–Kier alpha value is -2.01. The lowest BCUT2D eigenvalue weighted by molar-refractivity contribution is 0.0924. The van der Waals surface area contributed by atoms with Gasteiger partial charge in [-0.2, -0.15) is 0 Å². The number of hydrogen-bond acceptors (Lipinski definition) is 3. The van der Waals surface area contributed by atoms with Crippen LogP contribution >= 0.6 is 15.9 Å². The first-order valence-electron chi connectivity index (χ1n) is 5.70. The summed E-state index contributed by atoms with van der Waals surface area (Å²) in [4.78, 5) is 29.8. The average molecular weight is 317 g/mol. The number of halogens is 1. The molecule has 2 aromatic rings. The summed E-state index contributed by atoms with van der Waals surface area (Å²) >= 11 is 3.42. The number of benzene rings is 1. The molecule has 0 saturated heterocycles. The fraction of sp³-hybridized carbons (Fsp3) is 0.0714. The summed E-state index contributed by atoms with van der Waals surface area (Å²) in [6.07, 6.45) is 1.51. The second-order valence-corrected chi connectivity index (χ2v) is 5.05. The van der Waals surface area contributed by atoms with E-state index in [1.54, 1.807) is 18.2 Å². The maximum Gasteiger partial charge on any atom is 0.284 e. The number of nitrogens with zero attached hydrogens (tertiary/aromatic N) is 2. The number of fused-ring (bicyclic) bond motifs is 1. The molecule has 0 radical (unpaired) electrons. The van der Waals surface area contributed by atoms with Gasteiger partial charge in [0.15, 0.2) is 0 Å². The van der Waals surface area contributed by atoms with Gasteiger partial charge < -0.3 is 0 Å². The molecule has 0 spiro atoms. The first kappa shape index (κ1) is 12.0. The van der Waals surface area contributed by atoms with E-state index in [4.69, 9.17) is 0 Å². The van der Waals surface area contributed by atoms with Crippen molar-refractivity contribution in [3.05, 3.63) is 57.8 Å². The average Bonchev–Trinajstić information content (AvgIpc) is 2.67. The Kier molecular flexibility index (Phi) is 2.71. The zero-order chi connectivity index (χ0) is 13.6. The zero-order valence-corrected chi connectivity index (χ0v) is 11.6. The summed E-state index contributed by atoms with van der Waals surface area (Å²) in [6, 6.07) is 8.72. The lowest BCUT2D eigenvalue weighted by Gasteiger charge is -2.16. The summed E-state index contributed by atoms with van der Waals surface area (Å²) in [6.45, 7) is 1.91. The number of carbonyl (C=O) groups excluding carboxylic acids is 2. The predicted molar refractivity (Wildman–Crippen MR) is 74.3 cm³/mol. The Balaban J connectivity index is 2.17. The van der Waals surface area contributed by atoms with Gasteiger partial charge in [0.25, 0.3) is 11.8 Å². The Bertz CT molecular complexity index is 677.